The molecule has 1 aromatic rings. The minimum absolute atomic E-state index is 0.00490. The Morgan fingerprint density at radius 1 is 1.43 bits per heavy atom. The quantitative estimate of drug-likeness (QED) is 0.644. The van der Waals surface area contributed by atoms with Crippen LogP contribution in [0.15, 0.2) is 18.2 Å². The summed E-state index contributed by atoms with van der Waals surface area (Å²) in [6.45, 7) is 7.74. The van der Waals surface area contributed by atoms with Gasteiger partial charge < -0.3 is 10.4 Å². The Morgan fingerprint density at radius 2 is 2.05 bits per heavy atom. The molecular formula is C15H22N2O4. The van der Waals surface area contributed by atoms with Crippen molar-refractivity contribution in [3.05, 3.63) is 39.4 Å². The van der Waals surface area contributed by atoms with E-state index in [1.165, 1.54) is 18.2 Å². The maximum absolute atomic E-state index is 11.9. The van der Waals surface area contributed by atoms with Crippen LogP contribution in [0.1, 0.15) is 43.1 Å². The number of amides is 1. The smallest absolute Gasteiger partial charge is 0.272 e. The molecule has 0 spiro atoms. The Hall–Kier alpha value is -1.95. The van der Waals surface area contributed by atoms with Crippen LogP contribution in [-0.2, 0) is 0 Å². The molecule has 6 heteroatoms. The Morgan fingerprint density at radius 3 is 2.52 bits per heavy atom. The molecule has 0 aliphatic rings. The summed E-state index contributed by atoms with van der Waals surface area (Å²) in [4.78, 5) is 22.2. The van der Waals surface area contributed by atoms with E-state index in [2.05, 4.69) is 5.32 Å². The Labute approximate surface area is 124 Å². The number of nitro groups is 1. The highest BCUT2D eigenvalue weighted by Crippen LogP contribution is 2.21. The average Bonchev–Trinajstić information content (AvgIpc) is 2.36. The van der Waals surface area contributed by atoms with Gasteiger partial charge in [0.05, 0.1) is 11.0 Å². The summed E-state index contributed by atoms with van der Waals surface area (Å²) in [7, 11) is 0. The molecule has 0 saturated heterocycles. The largest absolute Gasteiger partial charge is 0.393 e. The van der Waals surface area contributed by atoms with Gasteiger partial charge in [0.2, 0.25) is 0 Å². The molecule has 0 saturated carbocycles. The van der Waals surface area contributed by atoms with Crippen molar-refractivity contribution in [3.63, 3.8) is 0 Å². The second kappa shape index (κ2) is 6.67. The number of aliphatic hydroxyl groups excluding tert-OH is 1. The maximum Gasteiger partial charge on any atom is 0.272 e. The third-order valence-corrected chi connectivity index (χ3v) is 3.36. The highest BCUT2D eigenvalue weighted by atomic mass is 16.6. The molecule has 0 heterocycles. The third kappa shape index (κ3) is 4.82. The monoisotopic (exact) mass is 294 g/mol. The predicted molar refractivity (Wildman–Crippen MR) is 80.2 cm³/mol. The van der Waals surface area contributed by atoms with Gasteiger partial charge in [-0.05, 0) is 30.9 Å². The topological polar surface area (TPSA) is 92.5 Å². The molecule has 1 rings (SSSR count). The molecule has 0 aromatic heterocycles. The van der Waals surface area contributed by atoms with Crippen LogP contribution in [0, 0.1) is 22.5 Å². The van der Waals surface area contributed by atoms with E-state index >= 15 is 0 Å². The van der Waals surface area contributed by atoms with E-state index in [0.29, 0.717) is 24.1 Å². The lowest BCUT2D eigenvalue weighted by molar-refractivity contribution is -0.385. The number of rotatable bonds is 5. The number of hydrogen-bond acceptors (Lipinski definition) is 4. The van der Waals surface area contributed by atoms with Gasteiger partial charge in [-0.1, -0.05) is 20.8 Å². The minimum atomic E-state index is -0.503. The van der Waals surface area contributed by atoms with Crippen LogP contribution in [-0.4, -0.2) is 28.6 Å². The van der Waals surface area contributed by atoms with Gasteiger partial charge in [0.1, 0.15) is 0 Å². The lowest BCUT2D eigenvalue weighted by Crippen LogP contribution is -2.32. The van der Waals surface area contributed by atoms with Crippen molar-refractivity contribution < 1.29 is 14.8 Å². The number of nitrogens with zero attached hydrogens (tertiary/aromatic N) is 1. The van der Waals surface area contributed by atoms with Gasteiger partial charge in [0.25, 0.3) is 11.6 Å². The first-order chi connectivity index (χ1) is 9.62. The fourth-order valence-electron chi connectivity index (χ4n) is 1.86. The number of aliphatic hydroxyl groups is 1. The average molecular weight is 294 g/mol. The molecule has 0 aliphatic carbocycles. The van der Waals surface area contributed by atoms with Gasteiger partial charge in [0, 0.05) is 23.7 Å². The first-order valence-electron chi connectivity index (χ1n) is 6.84. The second-order valence-electron chi connectivity index (χ2n) is 6.18. The molecule has 0 fully saturated rings. The molecule has 6 nitrogen and oxygen atoms in total. The fraction of sp³-hybridized carbons (Fsp3) is 0.533. The zero-order valence-corrected chi connectivity index (χ0v) is 12.8. The summed E-state index contributed by atoms with van der Waals surface area (Å²) < 4.78 is 0. The normalized spacial score (nSPS) is 12.8. The van der Waals surface area contributed by atoms with Gasteiger partial charge in [-0.15, -0.1) is 0 Å². The van der Waals surface area contributed by atoms with Crippen LogP contribution in [0.25, 0.3) is 0 Å². The van der Waals surface area contributed by atoms with Crippen molar-refractivity contribution in [1.82, 2.24) is 5.32 Å². The molecule has 0 radical (unpaired) electrons. The molecule has 0 bridgehead atoms. The van der Waals surface area contributed by atoms with Gasteiger partial charge in [0.15, 0.2) is 0 Å². The first kappa shape index (κ1) is 17.1. The molecular weight excluding hydrogens is 272 g/mol. The van der Waals surface area contributed by atoms with Gasteiger partial charge in [-0.3, -0.25) is 14.9 Å². The van der Waals surface area contributed by atoms with E-state index in [-0.39, 0.29) is 17.0 Å². The van der Waals surface area contributed by atoms with Crippen LogP contribution < -0.4 is 5.32 Å². The van der Waals surface area contributed by atoms with Gasteiger partial charge in [-0.2, -0.15) is 0 Å². The second-order valence-corrected chi connectivity index (χ2v) is 6.18. The number of nitrogens with one attached hydrogen (secondary N) is 1. The summed E-state index contributed by atoms with van der Waals surface area (Å²) in [6, 6.07) is 4.25. The number of carbonyl (C=O) groups excluding carboxylic acids is 1. The number of nitro benzene ring substituents is 1. The first-order valence-corrected chi connectivity index (χ1v) is 6.84. The van der Waals surface area contributed by atoms with Crippen molar-refractivity contribution in [2.45, 2.75) is 40.2 Å². The highest BCUT2D eigenvalue weighted by molar-refractivity contribution is 5.94. The van der Waals surface area contributed by atoms with Crippen molar-refractivity contribution in [1.29, 1.82) is 0 Å². The van der Waals surface area contributed by atoms with Crippen LogP contribution >= 0.6 is 0 Å². The van der Waals surface area contributed by atoms with E-state index in [9.17, 15) is 20.0 Å². The summed E-state index contributed by atoms with van der Waals surface area (Å²) >= 11 is 0. The van der Waals surface area contributed by atoms with E-state index in [1.54, 1.807) is 6.92 Å². The highest BCUT2D eigenvalue weighted by Gasteiger charge is 2.21. The molecule has 2 N–H and O–H groups in total. The van der Waals surface area contributed by atoms with E-state index in [0.717, 1.165) is 0 Å². The van der Waals surface area contributed by atoms with Gasteiger partial charge >= 0.3 is 0 Å². The van der Waals surface area contributed by atoms with Crippen molar-refractivity contribution in [2.75, 3.05) is 6.54 Å². The molecule has 21 heavy (non-hydrogen) atoms. The zero-order valence-electron chi connectivity index (χ0n) is 12.8. The molecule has 1 atom stereocenters. The Balaban J connectivity index is 2.61. The SMILES string of the molecule is Cc1cc(C(=O)NCCC(O)C(C)(C)C)ccc1[N+](=O)[O-]. The summed E-state index contributed by atoms with van der Waals surface area (Å²) in [5.41, 5.74) is 0.592. The molecule has 1 unspecified atom stereocenters. The van der Waals surface area contributed by atoms with E-state index in [1.807, 2.05) is 20.8 Å². The van der Waals surface area contributed by atoms with E-state index in [4.69, 9.17) is 0 Å². The number of carbonyl (C=O) groups is 1. The molecule has 116 valence electrons. The lowest BCUT2D eigenvalue weighted by atomic mass is 9.87. The van der Waals surface area contributed by atoms with Crippen LogP contribution in [0.2, 0.25) is 0 Å². The summed E-state index contributed by atoms with van der Waals surface area (Å²) in [6.07, 6.45) is -0.0438. The molecule has 0 aliphatic heterocycles. The summed E-state index contributed by atoms with van der Waals surface area (Å²) in [5.74, 6) is -0.297. The van der Waals surface area contributed by atoms with Crippen molar-refractivity contribution >= 4 is 11.6 Å². The van der Waals surface area contributed by atoms with Crippen molar-refractivity contribution in [3.8, 4) is 0 Å². The maximum atomic E-state index is 11.9. The minimum Gasteiger partial charge on any atom is -0.393 e. The summed E-state index contributed by atoms with van der Waals surface area (Å²) in [5, 5.41) is 23.3. The van der Waals surface area contributed by atoms with Crippen LogP contribution in [0.4, 0.5) is 5.69 Å². The van der Waals surface area contributed by atoms with Crippen LogP contribution in [0.3, 0.4) is 0 Å². The number of benzene rings is 1. The fourth-order valence-corrected chi connectivity index (χ4v) is 1.86. The standard InChI is InChI=1S/C15H22N2O4/c1-10-9-11(5-6-12(10)17(20)21)14(19)16-8-7-13(18)15(2,3)4/h5-6,9,13,18H,7-8H2,1-4H3,(H,16,19). The molecule has 1 aromatic carbocycles. The predicted octanol–water partition coefficient (Wildman–Crippen LogP) is 2.43. The Kier molecular flexibility index (Phi) is 5.43. The third-order valence-electron chi connectivity index (χ3n) is 3.36. The zero-order chi connectivity index (χ0) is 16.2. The number of aryl methyl sites for hydroxylation is 1. The van der Waals surface area contributed by atoms with Gasteiger partial charge in [-0.25, -0.2) is 0 Å². The van der Waals surface area contributed by atoms with E-state index < -0.39 is 11.0 Å². The lowest BCUT2D eigenvalue weighted by Gasteiger charge is -2.25. The van der Waals surface area contributed by atoms with Crippen LogP contribution in [0.5, 0.6) is 0 Å². The Bertz CT molecular complexity index is 535. The molecule has 1 amide bonds. The van der Waals surface area contributed by atoms with Crippen molar-refractivity contribution in [2.24, 2.45) is 5.41 Å². The number of hydrogen-bond donors (Lipinski definition) is 2.